The molecule has 0 unspecified atom stereocenters. The molecule has 4 aromatic rings. The van der Waals surface area contributed by atoms with Crippen LogP contribution >= 0.6 is 0 Å². The Kier molecular flexibility index (Phi) is 7.49. The smallest absolute Gasteiger partial charge is 0.197 e. The second-order valence-corrected chi connectivity index (χ2v) is 8.76. The van der Waals surface area contributed by atoms with E-state index in [0.29, 0.717) is 29.1 Å². The number of carbonyl (C=O) groups is 1. The zero-order valence-electron chi connectivity index (χ0n) is 20.6. The predicted octanol–water partition coefficient (Wildman–Crippen LogP) is 7.06. The second-order valence-electron chi connectivity index (χ2n) is 8.76. The van der Waals surface area contributed by atoms with Gasteiger partial charge in [-0.3, -0.25) is 4.79 Å². The summed E-state index contributed by atoms with van der Waals surface area (Å²) < 4.78 is 12.3. The van der Waals surface area contributed by atoms with Crippen molar-refractivity contribution in [1.29, 1.82) is 0 Å². The van der Waals surface area contributed by atoms with Crippen molar-refractivity contribution in [2.75, 3.05) is 26.2 Å². The number of para-hydroxylation sites is 1. The molecule has 4 rings (SSSR count). The van der Waals surface area contributed by atoms with Crippen molar-refractivity contribution < 1.29 is 13.9 Å². The molecule has 4 nitrogen and oxygen atoms in total. The number of aryl methyl sites for hydroxylation is 2. The Hall–Kier alpha value is -3.37. The predicted molar refractivity (Wildman–Crippen MR) is 139 cm³/mol. The van der Waals surface area contributed by atoms with Gasteiger partial charge >= 0.3 is 0 Å². The molecule has 0 bridgehead atoms. The van der Waals surface area contributed by atoms with Crippen LogP contribution in [0.2, 0.25) is 0 Å². The molecule has 0 fully saturated rings. The summed E-state index contributed by atoms with van der Waals surface area (Å²) in [4.78, 5) is 16.1. The molecule has 0 amide bonds. The molecule has 0 aliphatic rings. The molecule has 0 spiro atoms. The fraction of sp³-hybridized carbons (Fsp3) is 0.300. The van der Waals surface area contributed by atoms with E-state index in [9.17, 15) is 4.79 Å². The van der Waals surface area contributed by atoms with Gasteiger partial charge in [0.2, 0.25) is 0 Å². The van der Waals surface area contributed by atoms with E-state index in [1.54, 1.807) is 0 Å². The number of furan rings is 1. The number of benzene rings is 3. The molecular formula is C30H33NO3. The summed E-state index contributed by atoms with van der Waals surface area (Å²) in [6.07, 6.45) is 0.965. The number of hydrogen-bond donors (Lipinski definition) is 0. The topological polar surface area (TPSA) is 42.7 Å². The largest absolute Gasteiger partial charge is 0.494 e. The first-order valence-corrected chi connectivity index (χ1v) is 12.1. The van der Waals surface area contributed by atoms with E-state index in [1.807, 2.05) is 74.5 Å². The van der Waals surface area contributed by atoms with Crippen molar-refractivity contribution in [2.45, 2.75) is 34.1 Å². The molecule has 3 aromatic carbocycles. The summed E-state index contributed by atoms with van der Waals surface area (Å²) in [6.45, 7) is 12.2. The van der Waals surface area contributed by atoms with Gasteiger partial charge in [0, 0.05) is 23.1 Å². The van der Waals surface area contributed by atoms with Crippen molar-refractivity contribution in [1.82, 2.24) is 4.90 Å². The van der Waals surface area contributed by atoms with Crippen LogP contribution in [0.3, 0.4) is 0 Å². The summed E-state index contributed by atoms with van der Waals surface area (Å²) in [5, 5.41) is 0.826. The van der Waals surface area contributed by atoms with Gasteiger partial charge in [-0.05, 0) is 63.7 Å². The van der Waals surface area contributed by atoms with E-state index < -0.39 is 0 Å². The Morgan fingerprint density at radius 3 is 2.38 bits per heavy atom. The standard InChI is InChI=1S/C30H33NO3/c1-5-31(6-2)15-10-16-33-25-12-9-11-23(20-25)30-28(26-13-7-8-14-27(26)34-30)29(32)24-18-21(3)17-22(4)19-24/h7-9,11-14,17-20H,5-6,10,15-16H2,1-4H3. The highest BCUT2D eigenvalue weighted by molar-refractivity contribution is 6.19. The first-order valence-electron chi connectivity index (χ1n) is 12.1. The molecule has 0 saturated carbocycles. The van der Waals surface area contributed by atoms with Crippen molar-refractivity contribution in [3.63, 3.8) is 0 Å². The zero-order valence-corrected chi connectivity index (χ0v) is 20.6. The number of ketones is 1. The third-order valence-corrected chi connectivity index (χ3v) is 6.18. The zero-order chi connectivity index (χ0) is 24.1. The number of rotatable bonds is 10. The number of ether oxygens (including phenoxy) is 1. The molecule has 0 aliphatic heterocycles. The summed E-state index contributed by atoms with van der Waals surface area (Å²) in [6, 6.07) is 21.5. The monoisotopic (exact) mass is 455 g/mol. The molecule has 34 heavy (non-hydrogen) atoms. The van der Waals surface area contributed by atoms with E-state index in [-0.39, 0.29) is 5.78 Å². The van der Waals surface area contributed by atoms with Crippen molar-refractivity contribution in [3.8, 4) is 17.1 Å². The summed E-state index contributed by atoms with van der Waals surface area (Å²) in [5.74, 6) is 1.33. The van der Waals surface area contributed by atoms with E-state index in [2.05, 4.69) is 24.8 Å². The van der Waals surface area contributed by atoms with E-state index in [1.165, 1.54) is 0 Å². The average molecular weight is 456 g/mol. The Bertz CT molecular complexity index is 1260. The van der Waals surface area contributed by atoms with E-state index in [4.69, 9.17) is 9.15 Å². The molecule has 1 aromatic heterocycles. The molecule has 176 valence electrons. The van der Waals surface area contributed by atoms with Crippen LogP contribution in [0, 0.1) is 13.8 Å². The van der Waals surface area contributed by atoms with Crippen LogP contribution in [0.4, 0.5) is 0 Å². The maximum atomic E-state index is 13.7. The Balaban J connectivity index is 1.66. The van der Waals surface area contributed by atoms with Crippen LogP contribution < -0.4 is 4.74 Å². The van der Waals surface area contributed by atoms with Crippen LogP contribution in [0.15, 0.2) is 71.1 Å². The Morgan fingerprint density at radius 2 is 1.65 bits per heavy atom. The van der Waals surface area contributed by atoms with Crippen molar-refractivity contribution in [2.24, 2.45) is 0 Å². The lowest BCUT2D eigenvalue weighted by Gasteiger charge is -2.17. The number of nitrogens with zero attached hydrogens (tertiary/aromatic N) is 1. The van der Waals surface area contributed by atoms with Gasteiger partial charge in [-0.2, -0.15) is 0 Å². The van der Waals surface area contributed by atoms with E-state index >= 15 is 0 Å². The molecule has 0 N–H and O–H groups in total. The normalized spacial score (nSPS) is 11.3. The van der Waals surface area contributed by atoms with Gasteiger partial charge in [0.1, 0.15) is 17.1 Å². The second kappa shape index (κ2) is 10.7. The van der Waals surface area contributed by atoms with E-state index in [0.717, 1.165) is 53.9 Å². The van der Waals surface area contributed by atoms with Crippen LogP contribution in [0.5, 0.6) is 5.75 Å². The summed E-state index contributed by atoms with van der Waals surface area (Å²) >= 11 is 0. The van der Waals surface area contributed by atoms with Gasteiger partial charge in [-0.15, -0.1) is 0 Å². The van der Waals surface area contributed by atoms with Crippen LogP contribution in [0.1, 0.15) is 47.3 Å². The highest BCUT2D eigenvalue weighted by atomic mass is 16.5. The van der Waals surface area contributed by atoms with Crippen LogP contribution in [-0.2, 0) is 0 Å². The van der Waals surface area contributed by atoms with Gasteiger partial charge in [0.25, 0.3) is 0 Å². The van der Waals surface area contributed by atoms with Gasteiger partial charge in [-0.25, -0.2) is 0 Å². The van der Waals surface area contributed by atoms with Gasteiger partial charge in [0.15, 0.2) is 5.78 Å². The minimum atomic E-state index is -0.0303. The highest BCUT2D eigenvalue weighted by Gasteiger charge is 2.23. The Labute approximate surface area is 202 Å². The molecule has 0 atom stereocenters. The van der Waals surface area contributed by atoms with Gasteiger partial charge in [0.05, 0.1) is 12.2 Å². The lowest BCUT2D eigenvalue weighted by molar-refractivity contribution is 0.104. The SMILES string of the molecule is CCN(CC)CCCOc1cccc(-c2oc3ccccc3c2C(=O)c2cc(C)cc(C)c2)c1. The molecule has 4 heteroatoms. The highest BCUT2D eigenvalue weighted by Crippen LogP contribution is 2.36. The molecule has 0 saturated heterocycles. The minimum absolute atomic E-state index is 0.0303. The maximum absolute atomic E-state index is 13.7. The van der Waals surface area contributed by atoms with Gasteiger partial charge < -0.3 is 14.1 Å². The number of carbonyl (C=O) groups excluding carboxylic acids is 1. The molecule has 0 aliphatic carbocycles. The first-order chi connectivity index (χ1) is 16.5. The first kappa shape index (κ1) is 23.8. The maximum Gasteiger partial charge on any atom is 0.197 e. The van der Waals surface area contributed by atoms with Crippen LogP contribution in [0.25, 0.3) is 22.3 Å². The summed E-state index contributed by atoms with van der Waals surface area (Å²) in [5.41, 5.74) is 4.95. The minimum Gasteiger partial charge on any atom is -0.494 e. The molecule has 1 heterocycles. The fourth-order valence-electron chi connectivity index (χ4n) is 4.47. The van der Waals surface area contributed by atoms with Crippen molar-refractivity contribution in [3.05, 3.63) is 89.0 Å². The van der Waals surface area contributed by atoms with Gasteiger partial charge in [-0.1, -0.05) is 61.4 Å². The summed E-state index contributed by atoms with van der Waals surface area (Å²) in [7, 11) is 0. The lowest BCUT2D eigenvalue weighted by atomic mass is 9.95. The number of hydrogen-bond acceptors (Lipinski definition) is 4. The third kappa shape index (κ3) is 5.23. The Morgan fingerprint density at radius 1 is 0.912 bits per heavy atom. The number of fused-ring (bicyclic) bond motifs is 1. The van der Waals surface area contributed by atoms with Crippen molar-refractivity contribution >= 4 is 16.8 Å². The molecular weight excluding hydrogens is 422 g/mol. The molecule has 0 radical (unpaired) electrons. The fourth-order valence-corrected chi connectivity index (χ4v) is 4.47. The lowest BCUT2D eigenvalue weighted by Crippen LogP contribution is -2.25. The third-order valence-electron chi connectivity index (χ3n) is 6.18. The average Bonchev–Trinajstić information content (AvgIpc) is 3.23. The quantitative estimate of drug-likeness (QED) is 0.190. The van der Waals surface area contributed by atoms with Crippen LogP contribution in [-0.4, -0.2) is 36.9 Å².